The highest BCUT2D eigenvalue weighted by atomic mass is 16.5. The number of anilines is 1. The maximum absolute atomic E-state index is 12.5. The standard InChI is InChI=1S/C19H21N5O2/c1-26-16-5-2-4-14(12-16)22-19(25)23-10-7-15(8-11-23)24-13-21-17-6-3-9-20-18(17)24/h2-6,9,12-13,15H,7-8,10-11H2,1H3,(H,22,25). The van der Waals surface area contributed by atoms with Crippen LogP contribution >= 0.6 is 0 Å². The molecule has 1 aromatic carbocycles. The summed E-state index contributed by atoms with van der Waals surface area (Å²) in [5.74, 6) is 0.723. The minimum atomic E-state index is -0.0784. The first kappa shape index (κ1) is 16.4. The minimum absolute atomic E-state index is 0.0784. The van der Waals surface area contributed by atoms with Crippen LogP contribution in [0, 0.1) is 0 Å². The number of urea groups is 1. The largest absolute Gasteiger partial charge is 0.497 e. The number of hydrogen-bond donors (Lipinski definition) is 1. The van der Waals surface area contributed by atoms with E-state index in [0.29, 0.717) is 19.1 Å². The number of fused-ring (bicyclic) bond motifs is 1. The molecule has 1 N–H and O–H groups in total. The van der Waals surface area contributed by atoms with Crippen LogP contribution in [-0.2, 0) is 0 Å². The number of amides is 2. The molecule has 0 unspecified atom stereocenters. The minimum Gasteiger partial charge on any atom is -0.497 e. The Hall–Kier alpha value is -3.09. The monoisotopic (exact) mass is 351 g/mol. The van der Waals surface area contributed by atoms with Crippen molar-refractivity contribution in [2.45, 2.75) is 18.9 Å². The number of rotatable bonds is 3. The van der Waals surface area contributed by atoms with Gasteiger partial charge in [-0.3, -0.25) is 0 Å². The normalized spacial score (nSPS) is 15.2. The second-order valence-electron chi connectivity index (χ2n) is 6.38. The van der Waals surface area contributed by atoms with E-state index in [4.69, 9.17) is 4.74 Å². The Morgan fingerprint density at radius 1 is 1.19 bits per heavy atom. The molecule has 0 atom stereocenters. The van der Waals surface area contributed by atoms with Gasteiger partial charge in [0.15, 0.2) is 5.65 Å². The van der Waals surface area contributed by atoms with E-state index in [1.165, 1.54) is 0 Å². The third kappa shape index (κ3) is 3.20. The highest BCUT2D eigenvalue weighted by molar-refractivity contribution is 5.89. The Balaban J connectivity index is 1.39. The number of imidazole rings is 1. The van der Waals surface area contributed by atoms with Crippen LogP contribution in [0.1, 0.15) is 18.9 Å². The van der Waals surface area contributed by atoms with Gasteiger partial charge in [0.05, 0.1) is 13.4 Å². The third-order valence-corrected chi connectivity index (χ3v) is 4.80. The predicted octanol–water partition coefficient (Wildman–Crippen LogP) is 3.31. The first-order chi connectivity index (χ1) is 12.7. The van der Waals surface area contributed by atoms with Crippen molar-refractivity contribution < 1.29 is 9.53 Å². The lowest BCUT2D eigenvalue weighted by molar-refractivity contribution is 0.184. The molecular formula is C19H21N5O2. The van der Waals surface area contributed by atoms with E-state index >= 15 is 0 Å². The van der Waals surface area contributed by atoms with Crippen molar-refractivity contribution in [3.05, 3.63) is 48.9 Å². The summed E-state index contributed by atoms with van der Waals surface area (Å²) < 4.78 is 7.32. The Morgan fingerprint density at radius 2 is 2.04 bits per heavy atom. The number of benzene rings is 1. The lowest BCUT2D eigenvalue weighted by atomic mass is 10.1. The average Bonchev–Trinajstić information content (AvgIpc) is 3.12. The molecule has 7 nitrogen and oxygen atoms in total. The molecule has 0 saturated carbocycles. The number of ether oxygens (including phenoxy) is 1. The van der Waals surface area contributed by atoms with Crippen LogP contribution in [0.25, 0.3) is 11.2 Å². The van der Waals surface area contributed by atoms with Gasteiger partial charge >= 0.3 is 6.03 Å². The maximum atomic E-state index is 12.5. The zero-order chi connectivity index (χ0) is 17.9. The van der Waals surface area contributed by atoms with Crippen molar-refractivity contribution >= 4 is 22.9 Å². The highest BCUT2D eigenvalue weighted by Crippen LogP contribution is 2.26. The van der Waals surface area contributed by atoms with Gasteiger partial charge in [-0.25, -0.2) is 14.8 Å². The summed E-state index contributed by atoms with van der Waals surface area (Å²) in [5, 5.41) is 2.94. The molecule has 1 saturated heterocycles. The fraction of sp³-hybridized carbons (Fsp3) is 0.316. The van der Waals surface area contributed by atoms with E-state index in [1.807, 2.05) is 47.6 Å². The molecular weight excluding hydrogens is 330 g/mol. The molecule has 4 rings (SSSR count). The van der Waals surface area contributed by atoms with Crippen LogP contribution in [-0.4, -0.2) is 45.7 Å². The van der Waals surface area contributed by atoms with Crippen LogP contribution in [0.3, 0.4) is 0 Å². The Kier molecular flexibility index (Phi) is 4.43. The van der Waals surface area contributed by atoms with Gasteiger partial charge in [0, 0.05) is 37.1 Å². The summed E-state index contributed by atoms with van der Waals surface area (Å²) in [6.45, 7) is 1.40. The van der Waals surface area contributed by atoms with Crippen LogP contribution in [0.5, 0.6) is 5.75 Å². The number of carbonyl (C=O) groups excluding carboxylic acids is 1. The number of pyridine rings is 1. The molecule has 1 aliphatic heterocycles. The molecule has 2 amide bonds. The lowest BCUT2D eigenvalue weighted by Crippen LogP contribution is -2.41. The summed E-state index contributed by atoms with van der Waals surface area (Å²) >= 11 is 0. The first-order valence-electron chi connectivity index (χ1n) is 8.72. The number of hydrogen-bond acceptors (Lipinski definition) is 4. The molecule has 1 aliphatic rings. The topological polar surface area (TPSA) is 72.3 Å². The van der Waals surface area contributed by atoms with E-state index in [9.17, 15) is 4.79 Å². The van der Waals surface area contributed by atoms with Crippen molar-refractivity contribution in [2.75, 3.05) is 25.5 Å². The van der Waals surface area contributed by atoms with Gasteiger partial charge in [-0.1, -0.05) is 6.07 Å². The molecule has 3 aromatic rings. The Morgan fingerprint density at radius 3 is 2.85 bits per heavy atom. The molecule has 0 bridgehead atoms. The summed E-state index contributed by atoms with van der Waals surface area (Å²) in [7, 11) is 1.61. The molecule has 7 heteroatoms. The van der Waals surface area contributed by atoms with E-state index in [1.54, 1.807) is 13.3 Å². The van der Waals surface area contributed by atoms with Gasteiger partial charge in [-0.2, -0.15) is 0 Å². The van der Waals surface area contributed by atoms with Crippen LogP contribution in [0.15, 0.2) is 48.9 Å². The predicted molar refractivity (Wildman–Crippen MR) is 99.4 cm³/mol. The second kappa shape index (κ2) is 7.03. The maximum Gasteiger partial charge on any atom is 0.321 e. The fourth-order valence-electron chi connectivity index (χ4n) is 3.38. The van der Waals surface area contributed by atoms with Crippen molar-refractivity contribution in [1.82, 2.24) is 19.4 Å². The van der Waals surface area contributed by atoms with Gasteiger partial charge in [0.2, 0.25) is 0 Å². The van der Waals surface area contributed by atoms with E-state index in [-0.39, 0.29) is 6.03 Å². The van der Waals surface area contributed by atoms with E-state index in [0.717, 1.165) is 35.4 Å². The zero-order valence-electron chi connectivity index (χ0n) is 14.6. The highest BCUT2D eigenvalue weighted by Gasteiger charge is 2.25. The molecule has 26 heavy (non-hydrogen) atoms. The van der Waals surface area contributed by atoms with E-state index < -0.39 is 0 Å². The molecule has 0 spiro atoms. The number of nitrogens with zero attached hydrogens (tertiary/aromatic N) is 4. The second-order valence-corrected chi connectivity index (χ2v) is 6.38. The van der Waals surface area contributed by atoms with Gasteiger partial charge in [-0.05, 0) is 37.1 Å². The summed E-state index contributed by atoms with van der Waals surface area (Å²) in [4.78, 5) is 23.2. The molecule has 1 fully saturated rings. The summed E-state index contributed by atoms with van der Waals surface area (Å²) in [6.07, 6.45) is 5.41. The molecule has 0 radical (unpaired) electrons. The number of methoxy groups -OCH3 is 1. The zero-order valence-corrected chi connectivity index (χ0v) is 14.6. The first-order valence-corrected chi connectivity index (χ1v) is 8.72. The van der Waals surface area contributed by atoms with Crippen molar-refractivity contribution in [3.63, 3.8) is 0 Å². The Bertz CT molecular complexity index is 915. The summed E-state index contributed by atoms with van der Waals surface area (Å²) in [5.41, 5.74) is 2.55. The number of aromatic nitrogens is 3. The average molecular weight is 351 g/mol. The quantitative estimate of drug-likeness (QED) is 0.786. The van der Waals surface area contributed by atoms with Crippen LogP contribution in [0.2, 0.25) is 0 Å². The van der Waals surface area contributed by atoms with Crippen molar-refractivity contribution in [3.8, 4) is 5.75 Å². The molecule has 134 valence electrons. The SMILES string of the molecule is COc1cccc(NC(=O)N2CCC(n3cnc4cccnc43)CC2)c1. The fourth-order valence-corrected chi connectivity index (χ4v) is 3.38. The Labute approximate surface area is 151 Å². The van der Waals surface area contributed by atoms with Crippen molar-refractivity contribution in [1.29, 1.82) is 0 Å². The third-order valence-electron chi connectivity index (χ3n) is 4.80. The lowest BCUT2D eigenvalue weighted by Gasteiger charge is -2.32. The van der Waals surface area contributed by atoms with Gasteiger partial charge in [0.25, 0.3) is 0 Å². The number of carbonyl (C=O) groups is 1. The number of piperidine rings is 1. The number of likely N-dealkylation sites (tertiary alicyclic amines) is 1. The van der Waals surface area contributed by atoms with Gasteiger partial charge in [-0.15, -0.1) is 0 Å². The number of nitrogens with one attached hydrogen (secondary N) is 1. The van der Waals surface area contributed by atoms with Gasteiger partial charge in [0.1, 0.15) is 11.3 Å². The van der Waals surface area contributed by atoms with E-state index in [2.05, 4.69) is 19.9 Å². The molecule has 2 aromatic heterocycles. The van der Waals surface area contributed by atoms with Crippen LogP contribution in [0.4, 0.5) is 10.5 Å². The van der Waals surface area contributed by atoms with Crippen LogP contribution < -0.4 is 10.1 Å². The summed E-state index contributed by atoms with van der Waals surface area (Å²) in [6, 6.07) is 11.5. The van der Waals surface area contributed by atoms with Gasteiger partial charge < -0.3 is 19.5 Å². The molecule has 0 aliphatic carbocycles. The molecule has 3 heterocycles. The van der Waals surface area contributed by atoms with Crippen molar-refractivity contribution in [2.24, 2.45) is 0 Å². The smallest absolute Gasteiger partial charge is 0.321 e.